The third kappa shape index (κ3) is 3.32. The molecule has 128 valence electrons. The van der Waals surface area contributed by atoms with Crippen molar-refractivity contribution in [1.29, 1.82) is 0 Å². The van der Waals surface area contributed by atoms with Crippen LogP contribution in [0.4, 0.5) is 0 Å². The first-order valence-corrected chi connectivity index (χ1v) is 9.63. The van der Waals surface area contributed by atoms with Crippen LogP contribution in [-0.4, -0.2) is 15.5 Å². The fourth-order valence-electron chi connectivity index (χ4n) is 2.83. The molecular weight excluding hydrogens is 322 g/mol. The first-order chi connectivity index (χ1) is 11.4. The summed E-state index contributed by atoms with van der Waals surface area (Å²) in [7, 11) is -1.93. The van der Waals surface area contributed by atoms with Crippen molar-refractivity contribution in [1.82, 2.24) is 4.72 Å². The highest BCUT2D eigenvalue weighted by Crippen LogP contribution is 2.46. The number of ether oxygens (including phenoxy) is 1. The second-order valence-electron chi connectivity index (χ2n) is 6.64. The lowest BCUT2D eigenvalue weighted by molar-refractivity contribution is 0.414. The van der Waals surface area contributed by atoms with Gasteiger partial charge in [-0.1, -0.05) is 38.1 Å². The van der Waals surface area contributed by atoms with Crippen molar-refractivity contribution in [3.8, 4) is 5.75 Å². The minimum atomic E-state index is -3.54. The van der Waals surface area contributed by atoms with Gasteiger partial charge in [0.1, 0.15) is 5.75 Å². The van der Waals surface area contributed by atoms with Crippen LogP contribution in [-0.2, 0) is 15.6 Å². The Labute approximate surface area is 143 Å². The lowest BCUT2D eigenvalue weighted by atomic mass is 10.0. The smallest absolute Gasteiger partial charge is 0.241 e. The van der Waals surface area contributed by atoms with Gasteiger partial charge in [-0.15, -0.1) is 0 Å². The summed E-state index contributed by atoms with van der Waals surface area (Å²) in [5.74, 6) is 1.14. The van der Waals surface area contributed by atoms with Crippen molar-refractivity contribution in [2.24, 2.45) is 0 Å². The molecule has 2 aromatic carbocycles. The number of nitrogens with one attached hydrogen (secondary N) is 1. The number of benzene rings is 2. The molecule has 4 nitrogen and oxygen atoms in total. The van der Waals surface area contributed by atoms with Crippen molar-refractivity contribution in [3.05, 3.63) is 59.7 Å². The number of sulfonamides is 1. The summed E-state index contributed by atoms with van der Waals surface area (Å²) in [5.41, 5.74) is 1.62. The van der Waals surface area contributed by atoms with Gasteiger partial charge in [0.2, 0.25) is 10.0 Å². The fourth-order valence-corrected chi connectivity index (χ4v) is 4.28. The Kier molecular flexibility index (Phi) is 4.40. The number of hydrogen-bond donors (Lipinski definition) is 1. The second-order valence-corrected chi connectivity index (χ2v) is 8.32. The molecule has 0 bridgehead atoms. The van der Waals surface area contributed by atoms with Crippen LogP contribution in [0.5, 0.6) is 5.75 Å². The zero-order chi connectivity index (χ0) is 17.4. The summed E-state index contributed by atoms with van der Waals surface area (Å²) in [5, 5.41) is 0. The van der Waals surface area contributed by atoms with Crippen molar-refractivity contribution in [2.75, 3.05) is 7.11 Å². The van der Waals surface area contributed by atoms with Gasteiger partial charge in [-0.3, -0.25) is 0 Å². The van der Waals surface area contributed by atoms with E-state index in [1.165, 1.54) is 0 Å². The lowest BCUT2D eigenvalue weighted by Gasteiger charge is -2.19. The first-order valence-electron chi connectivity index (χ1n) is 8.15. The molecule has 5 heteroatoms. The molecule has 2 aromatic rings. The largest absolute Gasteiger partial charge is 0.497 e. The normalized spacial score (nSPS) is 16.2. The highest BCUT2D eigenvalue weighted by Gasteiger charge is 2.47. The predicted octanol–water partition coefficient (Wildman–Crippen LogP) is 3.79. The molecule has 0 heterocycles. The lowest BCUT2D eigenvalue weighted by Crippen LogP contribution is -2.34. The van der Waals surface area contributed by atoms with Crippen LogP contribution >= 0.6 is 0 Å². The Hall–Kier alpha value is -1.85. The van der Waals surface area contributed by atoms with Crippen LogP contribution in [0.25, 0.3) is 0 Å². The van der Waals surface area contributed by atoms with Gasteiger partial charge in [0.05, 0.1) is 17.5 Å². The maximum Gasteiger partial charge on any atom is 0.241 e. The van der Waals surface area contributed by atoms with Gasteiger partial charge in [-0.25, -0.2) is 13.1 Å². The summed E-state index contributed by atoms with van der Waals surface area (Å²) < 4.78 is 33.5. The Morgan fingerprint density at radius 2 is 1.58 bits per heavy atom. The van der Waals surface area contributed by atoms with Gasteiger partial charge in [0.15, 0.2) is 0 Å². The molecule has 1 aliphatic rings. The van der Waals surface area contributed by atoms with Crippen LogP contribution < -0.4 is 9.46 Å². The standard InChI is InChI=1S/C19H23NO3S/c1-14(2)15-4-10-18(11-5-15)24(21,22)20-19(12-13-19)16-6-8-17(23-3)9-7-16/h4-11,14,20H,12-13H2,1-3H3. The van der Waals surface area contributed by atoms with Crippen LogP contribution in [0.15, 0.2) is 53.4 Å². The molecule has 0 spiro atoms. The van der Waals surface area contributed by atoms with E-state index in [1.807, 2.05) is 36.4 Å². The van der Waals surface area contributed by atoms with Gasteiger partial charge in [0, 0.05) is 0 Å². The van der Waals surface area contributed by atoms with E-state index in [4.69, 9.17) is 4.74 Å². The zero-order valence-corrected chi connectivity index (χ0v) is 15.1. The third-order valence-corrected chi connectivity index (χ3v) is 6.13. The summed E-state index contributed by atoms with van der Waals surface area (Å²) in [6.07, 6.45) is 1.62. The molecule has 1 saturated carbocycles. The first kappa shape index (κ1) is 17.0. The fraction of sp³-hybridized carbons (Fsp3) is 0.368. The summed E-state index contributed by atoms with van der Waals surface area (Å²) >= 11 is 0. The van der Waals surface area contributed by atoms with Crippen LogP contribution in [0, 0.1) is 0 Å². The zero-order valence-electron chi connectivity index (χ0n) is 14.2. The van der Waals surface area contributed by atoms with Crippen molar-refractivity contribution in [2.45, 2.75) is 43.0 Å². The maximum absolute atomic E-state index is 12.7. The van der Waals surface area contributed by atoms with E-state index in [0.717, 1.165) is 29.7 Å². The monoisotopic (exact) mass is 345 g/mol. The summed E-state index contributed by atoms with van der Waals surface area (Å²) in [4.78, 5) is 0.312. The topological polar surface area (TPSA) is 55.4 Å². The van der Waals surface area contributed by atoms with Crippen LogP contribution in [0.3, 0.4) is 0 Å². The van der Waals surface area contributed by atoms with E-state index < -0.39 is 15.6 Å². The molecule has 1 N–H and O–H groups in total. The molecule has 0 atom stereocenters. The SMILES string of the molecule is COc1ccc(C2(NS(=O)(=O)c3ccc(C(C)C)cc3)CC2)cc1. The molecule has 24 heavy (non-hydrogen) atoms. The Morgan fingerprint density at radius 3 is 2.04 bits per heavy atom. The molecule has 0 saturated heterocycles. The minimum Gasteiger partial charge on any atom is -0.497 e. The van der Waals surface area contributed by atoms with E-state index in [0.29, 0.717) is 10.8 Å². The molecule has 0 radical (unpaired) electrons. The van der Waals surface area contributed by atoms with E-state index in [1.54, 1.807) is 19.2 Å². The quantitative estimate of drug-likeness (QED) is 0.867. The molecule has 0 aromatic heterocycles. The molecule has 0 aliphatic heterocycles. The second kappa shape index (κ2) is 6.22. The number of hydrogen-bond acceptors (Lipinski definition) is 3. The van der Waals surface area contributed by atoms with Gasteiger partial charge < -0.3 is 4.74 Å². The molecule has 3 rings (SSSR count). The minimum absolute atomic E-state index is 0.312. The summed E-state index contributed by atoms with van der Waals surface area (Å²) in [6.45, 7) is 4.18. The average molecular weight is 345 g/mol. The third-order valence-electron chi connectivity index (χ3n) is 4.58. The maximum atomic E-state index is 12.7. The number of methoxy groups -OCH3 is 1. The van der Waals surface area contributed by atoms with Gasteiger partial charge in [0.25, 0.3) is 0 Å². The highest BCUT2D eigenvalue weighted by atomic mass is 32.2. The Morgan fingerprint density at radius 1 is 1.00 bits per heavy atom. The van der Waals surface area contributed by atoms with E-state index in [-0.39, 0.29) is 0 Å². The van der Waals surface area contributed by atoms with E-state index >= 15 is 0 Å². The Bertz CT molecular complexity index is 805. The summed E-state index contributed by atoms with van der Waals surface area (Å²) in [6, 6.07) is 14.7. The van der Waals surface area contributed by atoms with Gasteiger partial charge in [-0.2, -0.15) is 0 Å². The van der Waals surface area contributed by atoms with Crippen molar-refractivity contribution >= 4 is 10.0 Å². The van der Waals surface area contributed by atoms with Crippen LogP contribution in [0.1, 0.15) is 43.7 Å². The van der Waals surface area contributed by atoms with Crippen LogP contribution in [0.2, 0.25) is 0 Å². The average Bonchev–Trinajstić information content (AvgIpc) is 3.35. The van der Waals surface area contributed by atoms with E-state index in [2.05, 4.69) is 18.6 Å². The predicted molar refractivity (Wildman–Crippen MR) is 94.8 cm³/mol. The molecular formula is C19H23NO3S. The van der Waals surface area contributed by atoms with E-state index in [9.17, 15) is 8.42 Å². The van der Waals surface area contributed by atoms with Gasteiger partial charge in [-0.05, 0) is 54.2 Å². The molecule has 0 unspecified atom stereocenters. The molecule has 1 aliphatic carbocycles. The van der Waals surface area contributed by atoms with Crippen molar-refractivity contribution in [3.63, 3.8) is 0 Å². The van der Waals surface area contributed by atoms with Gasteiger partial charge >= 0.3 is 0 Å². The van der Waals surface area contributed by atoms with Crippen molar-refractivity contribution < 1.29 is 13.2 Å². The number of rotatable bonds is 6. The molecule has 0 amide bonds. The highest BCUT2D eigenvalue weighted by molar-refractivity contribution is 7.89. The molecule has 1 fully saturated rings. The Balaban J connectivity index is 1.82.